The zero-order valence-corrected chi connectivity index (χ0v) is 11.6. The summed E-state index contributed by atoms with van der Waals surface area (Å²) in [6.07, 6.45) is 1.30. The summed E-state index contributed by atoms with van der Waals surface area (Å²) in [5.41, 5.74) is 0. The zero-order chi connectivity index (χ0) is 14.4. The maximum Gasteiger partial charge on any atom is 0.332 e. The van der Waals surface area contributed by atoms with Gasteiger partial charge in [0.15, 0.2) is 17.6 Å². The van der Waals surface area contributed by atoms with Crippen molar-refractivity contribution in [1.82, 2.24) is 0 Å². The van der Waals surface area contributed by atoms with Gasteiger partial charge in [-0.25, -0.2) is 4.79 Å². The molecule has 2 atom stereocenters. The first-order valence-electron chi connectivity index (χ1n) is 6.93. The Hall–Kier alpha value is -1.75. The van der Waals surface area contributed by atoms with Gasteiger partial charge in [-0.05, 0) is 31.4 Å². The van der Waals surface area contributed by atoms with Crippen molar-refractivity contribution < 1.29 is 24.1 Å². The molecule has 20 heavy (non-hydrogen) atoms. The van der Waals surface area contributed by atoms with Crippen LogP contribution in [0.5, 0.6) is 11.5 Å². The van der Waals surface area contributed by atoms with Crippen LogP contribution in [0.25, 0.3) is 0 Å². The van der Waals surface area contributed by atoms with Gasteiger partial charge in [0.25, 0.3) is 0 Å². The van der Waals surface area contributed by atoms with E-state index < -0.39 is 12.1 Å². The monoisotopic (exact) mass is 280 g/mol. The van der Waals surface area contributed by atoms with Crippen LogP contribution in [0.3, 0.4) is 0 Å². The maximum absolute atomic E-state index is 10.8. The minimum atomic E-state index is -0.904. The Kier molecular flexibility index (Phi) is 5.24. The number of carbonyl (C=O) groups is 1. The minimum absolute atomic E-state index is 0.171. The van der Waals surface area contributed by atoms with E-state index in [0.717, 1.165) is 6.42 Å². The highest BCUT2D eigenvalue weighted by Crippen LogP contribution is 2.28. The molecule has 1 N–H and O–H groups in total. The van der Waals surface area contributed by atoms with Gasteiger partial charge in [0.1, 0.15) is 6.61 Å². The second kappa shape index (κ2) is 7.14. The Morgan fingerprint density at radius 1 is 1.30 bits per heavy atom. The van der Waals surface area contributed by atoms with Crippen LogP contribution >= 0.6 is 0 Å². The summed E-state index contributed by atoms with van der Waals surface area (Å²) in [6.45, 7) is 3.03. The summed E-state index contributed by atoms with van der Waals surface area (Å²) in [6, 6.07) is 7.48. The van der Waals surface area contributed by atoms with E-state index in [0.29, 0.717) is 37.6 Å². The molecule has 0 spiro atoms. The van der Waals surface area contributed by atoms with Crippen LogP contribution in [0.4, 0.5) is 0 Å². The predicted octanol–water partition coefficient (Wildman–Crippen LogP) is 2.49. The van der Waals surface area contributed by atoms with Gasteiger partial charge in [-0.3, -0.25) is 0 Å². The van der Waals surface area contributed by atoms with Gasteiger partial charge >= 0.3 is 5.97 Å². The van der Waals surface area contributed by atoms with Crippen molar-refractivity contribution in [2.75, 3.05) is 13.2 Å². The van der Waals surface area contributed by atoms with E-state index in [1.165, 1.54) is 0 Å². The Morgan fingerprint density at radius 2 is 2.00 bits per heavy atom. The van der Waals surface area contributed by atoms with Crippen LogP contribution in [0.2, 0.25) is 0 Å². The van der Waals surface area contributed by atoms with Crippen LogP contribution in [0.15, 0.2) is 24.3 Å². The van der Waals surface area contributed by atoms with E-state index in [4.69, 9.17) is 19.3 Å². The fraction of sp³-hybridized carbons (Fsp3) is 0.533. The average molecular weight is 280 g/mol. The second-order valence-electron chi connectivity index (χ2n) is 4.77. The number of rotatable bonds is 7. The van der Waals surface area contributed by atoms with E-state index in [1.807, 2.05) is 31.2 Å². The molecule has 1 heterocycles. The quantitative estimate of drug-likeness (QED) is 0.831. The third-order valence-electron chi connectivity index (χ3n) is 3.12. The van der Waals surface area contributed by atoms with Gasteiger partial charge in [0, 0.05) is 0 Å². The molecule has 2 rings (SSSR count). The molecule has 2 unspecified atom stereocenters. The number of benzene rings is 1. The van der Waals surface area contributed by atoms with Crippen molar-refractivity contribution >= 4 is 5.97 Å². The lowest BCUT2D eigenvalue weighted by molar-refractivity contribution is -0.149. The Balaban J connectivity index is 1.86. The van der Waals surface area contributed by atoms with Crippen LogP contribution in [0, 0.1) is 0 Å². The number of ether oxygens (including phenoxy) is 3. The normalized spacial score (nSPS) is 21.6. The minimum Gasteiger partial charge on any atom is -0.490 e. The van der Waals surface area contributed by atoms with Crippen LogP contribution in [-0.2, 0) is 9.53 Å². The number of hydrogen-bond donors (Lipinski definition) is 1. The zero-order valence-electron chi connectivity index (χ0n) is 11.6. The van der Waals surface area contributed by atoms with Crippen LogP contribution in [0.1, 0.15) is 26.2 Å². The van der Waals surface area contributed by atoms with Gasteiger partial charge in [0.2, 0.25) is 0 Å². The molecule has 0 radical (unpaired) electrons. The fourth-order valence-corrected chi connectivity index (χ4v) is 2.09. The van der Waals surface area contributed by atoms with Crippen LogP contribution < -0.4 is 9.47 Å². The lowest BCUT2D eigenvalue weighted by atomic mass is 10.2. The third kappa shape index (κ3) is 3.87. The smallest absolute Gasteiger partial charge is 0.332 e. The fourth-order valence-electron chi connectivity index (χ4n) is 2.09. The molecule has 1 saturated heterocycles. The maximum atomic E-state index is 10.8. The number of carboxylic acid groups (broad SMARTS) is 1. The summed E-state index contributed by atoms with van der Waals surface area (Å²) < 4.78 is 16.7. The van der Waals surface area contributed by atoms with Crippen molar-refractivity contribution in [3.05, 3.63) is 24.3 Å². The molecular formula is C15H20O5. The van der Waals surface area contributed by atoms with Gasteiger partial charge in [-0.15, -0.1) is 0 Å². The summed E-state index contributed by atoms with van der Waals surface area (Å²) in [4.78, 5) is 10.8. The van der Waals surface area contributed by atoms with E-state index >= 15 is 0 Å². The van der Waals surface area contributed by atoms with Crippen molar-refractivity contribution in [2.45, 2.75) is 38.4 Å². The molecule has 0 bridgehead atoms. The molecule has 5 nitrogen and oxygen atoms in total. The molecule has 1 aromatic rings. The molecular weight excluding hydrogens is 260 g/mol. The lowest BCUT2D eigenvalue weighted by Crippen LogP contribution is -2.23. The standard InChI is InChI=1S/C15H20O5/c1-2-9-18-12-5-3-4-6-13(12)19-10-11-7-8-14(20-11)15(16)17/h3-6,11,14H,2,7-10H2,1H3,(H,16,17). The molecule has 1 aliphatic heterocycles. The Labute approximate surface area is 118 Å². The highest BCUT2D eigenvalue weighted by Gasteiger charge is 2.30. The van der Waals surface area contributed by atoms with Gasteiger partial charge in [0.05, 0.1) is 12.7 Å². The second-order valence-corrected chi connectivity index (χ2v) is 4.77. The molecule has 0 aliphatic carbocycles. The van der Waals surface area contributed by atoms with E-state index in [9.17, 15) is 4.79 Å². The van der Waals surface area contributed by atoms with E-state index in [-0.39, 0.29) is 6.10 Å². The molecule has 110 valence electrons. The largest absolute Gasteiger partial charge is 0.490 e. The van der Waals surface area contributed by atoms with Crippen molar-refractivity contribution in [1.29, 1.82) is 0 Å². The average Bonchev–Trinajstić information content (AvgIpc) is 2.93. The van der Waals surface area contributed by atoms with E-state index in [2.05, 4.69) is 0 Å². The Bertz CT molecular complexity index is 446. The van der Waals surface area contributed by atoms with Gasteiger partial charge in [-0.1, -0.05) is 19.1 Å². The molecule has 0 saturated carbocycles. The summed E-state index contributed by atoms with van der Waals surface area (Å²) in [5, 5.41) is 8.87. The topological polar surface area (TPSA) is 65.0 Å². The predicted molar refractivity (Wildman–Crippen MR) is 73.3 cm³/mol. The molecule has 0 aromatic heterocycles. The molecule has 1 aromatic carbocycles. The third-order valence-corrected chi connectivity index (χ3v) is 3.12. The first-order valence-corrected chi connectivity index (χ1v) is 6.93. The SMILES string of the molecule is CCCOc1ccccc1OCC1CCC(C(=O)O)O1. The number of para-hydroxylation sites is 2. The van der Waals surface area contributed by atoms with Crippen LogP contribution in [-0.4, -0.2) is 36.5 Å². The van der Waals surface area contributed by atoms with Gasteiger partial charge < -0.3 is 19.3 Å². The van der Waals surface area contributed by atoms with Gasteiger partial charge in [-0.2, -0.15) is 0 Å². The summed E-state index contributed by atoms with van der Waals surface area (Å²) in [5.74, 6) is 0.477. The number of hydrogen-bond acceptors (Lipinski definition) is 4. The highest BCUT2D eigenvalue weighted by molar-refractivity contribution is 5.72. The molecule has 1 fully saturated rings. The van der Waals surface area contributed by atoms with Crippen molar-refractivity contribution in [3.8, 4) is 11.5 Å². The first-order chi connectivity index (χ1) is 9.70. The summed E-state index contributed by atoms with van der Waals surface area (Å²) >= 11 is 0. The first kappa shape index (κ1) is 14.7. The number of carboxylic acids is 1. The lowest BCUT2D eigenvalue weighted by Gasteiger charge is -2.15. The molecule has 0 amide bonds. The van der Waals surface area contributed by atoms with E-state index in [1.54, 1.807) is 0 Å². The molecule has 1 aliphatic rings. The summed E-state index contributed by atoms with van der Waals surface area (Å²) in [7, 11) is 0. The van der Waals surface area contributed by atoms with Crippen molar-refractivity contribution in [3.63, 3.8) is 0 Å². The highest BCUT2D eigenvalue weighted by atomic mass is 16.6. The number of aliphatic carboxylic acids is 1. The molecule has 5 heteroatoms. The van der Waals surface area contributed by atoms with Crippen molar-refractivity contribution in [2.24, 2.45) is 0 Å². The Morgan fingerprint density at radius 3 is 2.60 bits per heavy atom.